The van der Waals surface area contributed by atoms with Crippen LogP contribution >= 0.6 is 0 Å². The van der Waals surface area contributed by atoms with Crippen molar-refractivity contribution in [1.82, 2.24) is 9.80 Å². The van der Waals surface area contributed by atoms with Crippen LogP contribution in [0, 0.1) is 0 Å². The molecule has 2 rings (SSSR count). The third-order valence-corrected chi connectivity index (χ3v) is 4.15. The van der Waals surface area contributed by atoms with Gasteiger partial charge in [-0.2, -0.15) is 0 Å². The summed E-state index contributed by atoms with van der Waals surface area (Å²) in [5.41, 5.74) is 2.61. The van der Waals surface area contributed by atoms with Crippen molar-refractivity contribution in [3.63, 3.8) is 0 Å². The molecule has 0 aliphatic carbocycles. The average molecular weight is 303 g/mol. The second-order valence-corrected chi connectivity index (χ2v) is 6.38. The highest BCUT2D eigenvalue weighted by Gasteiger charge is 2.20. The Hall–Kier alpha value is -1.55. The molecule has 0 unspecified atom stereocenters. The first-order chi connectivity index (χ1) is 10.6. The second kappa shape index (κ2) is 8.18. The summed E-state index contributed by atoms with van der Waals surface area (Å²) in [6, 6.07) is 8.75. The van der Waals surface area contributed by atoms with E-state index in [9.17, 15) is 4.79 Å². The minimum Gasteiger partial charge on any atom is -0.368 e. The zero-order valence-electron chi connectivity index (χ0n) is 14.2. The van der Waals surface area contributed by atoms with Gasteiger partial charge in [-0.1, -0.05) is 25.5 Å². The van der Waals surface area contributed by atoms with Gasteiger partial charge in [-0.3, -0.25) is 4.79 Å². The lowest BCUT2D eigenvalue weighted by molar-refractivity contribution is -0.131. The first kappa shape index (κ1) is 16.8. The lowest BCUT2D eigenvalue weighted by Gasteiger charge is -2.36. The molecule has 0 radical (unpaired) electrons. The van der Waals surface area contributed by atoms with Gasteiger partial charge in [-0.05, 0) is 38.2 Å². The molecule has 1 aliphatic heterocycles. The number of hydrogen-bond donors (Lipinski definition) is 0. The largest absolute Gasteiger partial charge is 0.368 e. The van der Waals surface area contributed by atoms with Crippen LogP contribution in [-0.2, 0) is 11.3 Å². The number of unbranched alkanes of at least 4 members (excludes halogenated alkanes) is 1. The Labute approximate surface area is 134 Å². The summed E-state index contributed by atoms with van der Waals surface area (Å²) in [6.45, 7) is 6.66. The van der Waals surface area contributed by atoms with E-state index in [-0.39, 0.29) is 0 Å². The van der Waals surface area contributed by atoms with Gasteiger partial charge in [0.15, 0.2) is 0 Å². The van der Waals surface area contributed by atoms with Crippen molar-refractivity contribution in [2.24, 2.45) is 0 Å². The molecule has 1 fully saturated rings. The van der Waals surface area contributed by atoms with Crippen LogP contribution < -0.4 is 4.90 Å². The lowest BCUT2D eigenvalue weighted by Crippen LogP contribution is -2.48. The number of rotatable bonds is 6. The maximum absolute atomic E-state index is 12.1. The van der Waals surface area contributed by atoms with Gasteiger partial charge >= 0.3 is 0 Å². The fraction of sp³-hybridized carbons (Fsp3) is 0.611. The van der Waals surface area contributed by atoms with Crippen LogP contribution in [0.15, 0.2) is 24.3 Å². The van der Waals surface area contributed by atoms with Gasteiger partial charge in [0.25, 0.3) is 0 Å². The van der Waals surface area contributed by atoms with Crippen molar-refractivity contribution in [3.8, 4) is 0 Å². The molecule has 1 saturated heterocycles. The predicted molar refractivity (Wildman–Crippen MR) is 92.2 cm³/mol. The molecule has 122 valence electrons. The first-order valence-corrected chi connectivity index (χ1v) is 8.36. The molecule has 0 saturated carbocycles. The van der Waals surface area contributed by atoms with Crippen LogP contribution in [0.3, 0.4) is 0 Å². The summed E-state index contributed by atoms with van der Waals surface area (Å²) < 4.78 is 0. The number of benzene rings is 1. The Bertz CT molecular complexity index is 479. The lowest BCUT2D eigenvalue weighted by atomic mass is 10.1. The normalized spacial score (nSPS) is 15.5. The summed E-state index contributed by atoms with van der Waals surface area (Å²) in [4.78, 5) is 18.7. The molecule has 0 N–H and O–H groups in total. The molecule has 1 aromatic carbocycles. The maximum Gasteiger partial charge on any atom is 0.222 e. The maximum atomic E-state index is 12.1. The van der Waals surface area contributed by atoms with E-state index in [4.69, 9.17) is 0 Å². The Morgan fingerprint density at radius 2 is 1.91 bits per heavy atom. The predicted octanol–water partition coefficient (Wildman–Crippen LogP) is 2.59. The van der Waals surface area contributed by atoms with Crippen LogP contribution in [0.25, 0.3) is 0 Å². The van der Waals surface area contributed by atoms with Crippen molar-refractivity contribution in [2.45, 2.75) is 32.7 Å². The van der Waals surface area contributed by atoms with E-state index in [2.05, 4.69) is 55.1 Å². The van der Waals surface area contributed by atoms with E-state index >= 15 is 0 Å². The Kier molecular flexibility index (Phi) is 6.25. The fourth-order valence-electron chi connectivity index (χ4n) is 2.92. The Balaban J connectivity index is 1.90. The van der Waals surface area contributed by atoms with Gasteiger partial charge in [0.05, 0.1) is 0 Å². The summed E-state index contributed by atoms with van der Waals surface area (Å²) in [7, 11) is 4.18. The summed E-state index contributed by atoms with van der Waals surface area (Å²) >= 11 is 0. The smallest absolute Gasteiger partial charge is 0.222 e. The van der Waals surface area contributed by atoms with Gasteiger partial charge in [0.2, 0.25) is 5.91 Å². The minimum absolute atomic E-state index is 0.322. The fourth-order valence-corrected chi connectivity index (χ4v) is 2.92. The van der Waals surface area contributed by atoms with Gasteiger partial charge in [0.1, 0.15) is 0 Å². The molecule has 4 nitrogen and oxygen atoms in total. The molecular weight excluding hydrogens is 274 g/mol. The topological polar surface area (TPSA) is 26.8 Å². The number of nitrogens with zero attached hydrogens (tertiary/aromatic N) is 3. The molecular formula is C18H29N3O. The number of anilines is 1. The quantitative estimate of drug-likeness (QED) is 0.808. The van der Waals surface area contributed by atoms with Crippen LogP contribution in [-0.4, -0.2) is 56.0 Å². The molecule has 22 heavy (non-hydrogen) atoms. The SMILES string of the molecule is CCCCC(=O)N1CCN(c2cccc(CN(C)C)c2)CC1. The van der Waals surface area contributed by atoms with Crippen LogP contribution in [0.5, 0.6) is 0 Å². The number of carbonyl (C=O) groups excluding carboxylic acids is 1. The summed E-state index contributed by atoms with van der Waals surface area (Å²) in [5, 5.41) is 0. The molecule has 1 amide bonds. The third kappa shape index (κ3) is 4.73. The number of carbonyl (C=O) groups is 1. The molecule has 4 heteroatoms. The molecule has 1 aromatic rings. The monoisotopic (exact) mass is 303 g/mol. The van der Waals surface area contributed by atoms with E-state index < -0.39 is 0 Å². The van der Waals surface area contributed by atoms with Gasteiger partial charge in [0, 0.05) is 44.8 Å². The van der Waals surface area contributed by atoms with Crippen molar-refractivity contribution >= 4 is 11.6 Å². The van der Waals surface area contributed by atoms with Crippen molar-refractivity contribution in [1.29, 1.82) is 0 Å². The van der Waals surface area contributed by atoms with E-state index in [1.807, 2.05) is 4.90 Å². The number of hydrogen-bond acceptors (Lipinski definition) is 3. The minimum atomic E-state index is 0.322. The van der Waals surface area contributed by atoms with E-state index in [1.54, 1.807) is 0 Å². The molecule has 1 aliphatic rings. The first-order valence-electron chi connectivity index (χ1n) is 8.36. The molecule has 1 heterocycles. The standard InChI is InChI=1S/C18H29N3O/c1-4-5-9-18(22)21-12-10-20(11-13-21)17-8-6-7-16(14-17)15-19(2)3/h6-8,14H,4-5,9-13,15H2,1-3H3. The summed E-state index contributed by atoms with van der Waals surface area (Å²) in [5.74, 6) is 0.322. The van der Waals surface area contributed by atoms with Crippen molar-refractivity contribution in [3.05, 3.63) is 29.8 Å². The Morgan fingerprint density at radius 3 is 2.55 bits per heavy atom. The third-order valence-electron chi connectivity index (χ3n) is 4.15. The van der Waals surface area contributed by atoms with Crippen LogP contribution in [0.2, 0.25) is 0 Å². The van der Waals surface area contributed by atoms with Crippen molar-refractivity contribution < 1.29 is 4.79 Å². The van der Waals surface area contributed by atoms with Gasteiger partial charge in [-0.25, -0.2) is 0 Å². The van der Waals surface area contributed by atoms with Crippen molar-refractivity contribution in [2.75, 3.05) is 45.2 Å². The number of amides is 1. The summed E-state index contributed by atoms with van der Waals surface area (Å²) in [6.07, 6.45) is 2.80. The van der Waals surface area contributed by atoms with Crippen LogP contribution in [0.1, 0.15) is 31.7 Å². The zero-order valence-corrected chi connectivity index (χ0v) is 14.2. The average Bonchev–Trinajstić information content (AvgIpc) is 2.52. The second-order valence-electron chi connectivity index (χ2n) is 6.38. The highest BCUT2D eigenvalue weighted by atomic mass is 16.2. The van der Waals surface area contributed by atoms with E-state index in [0.29, 0.717) is 12.3 Å². The molecule has 0 bridgehead atoms. The number of piperazine rings is 1. The van der Waals surface area contributed by atoms with Gasteiger partial charge in [-0.15, -0.1) is 0 Å². The van der Waals surface area contributed by atoms with Crippen LogP contribution in [0.4, 0.5) is 5.69 Å². The van der Waals surface area contributed by atoms with E-state index in [1.165, 1.54) is 11.3 Å². The molecule has 0 aromatic heterocycles. The molecule has 0 spiro atoms. The molecule has 0 atom stereocenters. The van der Waals surface area contributed by atoms with Gasteiger partial charge < -0.3 is 14.7 Å². The highest BCUT2D eigenvalue weighted by Crippen LogP contribution is 2.19. The zero-order chi connectivity index (χ0) is 15.9. The van der Waals surface area contributed by atoms with E-state index in [0.717, 1.165) is 45.6 Å². The highest BCUT2D eigenvalue weighted by molar-refractivity contribution is 5.76. The Morgan fingerprint density at radius 1 is 1.18 bits per heavy atom.